The first kappa shape index (κ1) is 16.1. The Morgan fingerprint density at radius 3 is 2.60 bits per heavy atom. The van der Waals surface area contributed by atoms with Crippen LogP contribution in [-0.2, 0) is 4.57 Å². The van der Waals surface area contributed by atoms with Crippen LogP contribution in [-0.4, -0.2) is 24.2 Å². The van der Waals surface area contributed by atoms with Crippen LogP contribution in [0.15, 0.2) is 48.5 Å². The van der Waals surface area contributed by atoms with Crippen molar-refractivity contribution in [2.75, 3.05) is 5.32 Å². The Kier molecular flexibility index (Phi) is 3.74. The molecule has 0 aliphatic rings. The number of halogens is 1. The number of hydrogen-bond acceptors (Lipinski definition) is 4. The monoisotopic (exact) mass is 373 g/mol. The van der Waals surface area contributed by atoms with E-state index >= 15 is 0 Å². The average Bonchev–Trinajstić information content (AvgIpc) is 3.03. The van der Waals surface area contributed by atoms with Gasteiger partial charge in [-0.2, -0.15) is 0 Å². The van der Waals surface area contributed by atoms with Crippen molar-refractivity contribution in [3.8, 4) is 0 Å². The molecule has 0 saturated heterocycles. The molecular formula is C16H11ClN4O3P. The summed E-state index contributed by atoms with van der Waals surface area (Å²) in [7, 11) is -4.59. The maximum Gasteiger partial charge on any atom is 0.391 e. The first-order chi connectivity index (χ1) is 11.9. The van der Waals surface area contributed by atoms with Crippen LogP contribution < -0.4 is 10.9 Å². The highest BCUT2D eigenvalue weighted by Gasteiger charge is 2.26. The molecule has 0 unspecified atom stereocenters. The number of benzene rings is 2. The number of anilines is 2. The van der Waals surface area contributed by atoms with Gasteiger partial charge in [-0.05, 0) is 24.3 Å². The molecule has 0 aliphatic carbocycles. The van der Waals surface area contributed by atoms with Crippen molar-refractivity contribution in [3.05, 3.63) is 59.8 Å². The van der Waals surface area contributed by atoms with Crippen LogP contribution >= 0.6 is 19.2 Å². The Bertz CT molecular complexity index is 1150. The maximum absolute atomic E-state index is 11.8. The molecule has 0 saturated carbocycles. The van der Waals surface area contributed by atoms with Gasteiger partial charge in [0, 0.05) is 0 Å². The standard InChI is InChI=1S/C16H11ClN4O3P/c17-10-5-1-2-6-11(10)19-15-14-9-18-16(25(22,23)24)21(14)13-8-4-3-7-12(13)20-15/h1-8H,(H,19,20)(H2,22,23,24). The van der Waals surface area contributed by atoms with Gasteiger partial charge >= 0.3 is 7.60 Å². The molecule has 2 aromatic carbocycles. The minimum absolute atomic E-state index is 0.317. The van der Waals surface area contributed by atoms with Gasteiger partial charge < -0.3 is 15.1 Å². The van der Waals surface area contributed by atoms with Crippen LogP contribution in [0, 0.1) is 6.20 Å². The van der Waals surface area contributed by atoms with E-state index < -0.39 is 7.60 Å². The van der Waals surface area contributed by atoms with Crippen LogP contribution in [0.1, 0.15) is 0 Å². The second kappa shape index (κ2) is 5.82. The fraction of sp³-hybridized carbons (Fsp3) is 0. The van der Waals surface area contributed by atoms with Gasteiger partial charge in [0.05, 0.1) is 21.7 Å². The van der Waals surface area contributed by atoms with Crippen molar-refractivity contribution < 1.29 is 14.4 Å². The predicted octanol–water partition coefficient (Wildman–Crippen LogP) is 2.88. The number of hydrogen-bond donors (Lipinski definition) is 3. The smallest absolute Gasteiger partial charge is 0.337 e. The highest BCUT2D eigenvalue weighted by Crippen LogP contribution is 2.35. The molecule has 125 valence electrons. The summed E-state index contributed by atoms with van der Waals surface area (Å²) in [6.07, 6.45) is 2.65. The van der Waals surface area contributed by atoms with Crippen LogP contribution in [0.25, 0.3) is 16.6 Å². The zero-order valence-electron chi connectivity index (χ0n) is 12.6. The molecular weight excluding hydrogens is 363 g/mol. The van der Waals surface area contributed by atoms with Crippen LogP contribution in [0.3, 0.4) is 0 Å². The summed E-state index contributed by atoms with van der Waals surface area (Å²) in [5, 5.41) is 3.58. The number of fused-ring (bicyclic) bond motifs is 3. The summed E-state index contributed by atoms with van der Waals surface area (Å²) in [5.41, 5.74) is 1.61. The van der Waals surface area contributed by atoms with Crippen molar-refractivity contribution in [3.63, 3.8) is 0 Å². The van der Waals surface area contributed by atoms with E-state index in [-0.39, 0.29) is 5.57 Å². The van der Waals surface area contributed by atoms with E-state index in [4.69, 9.17) is 11.6 Å². The zero-order valence-corrected chi connectivity index (χ0v) is 14.2. The molecule has 7 nitrogen and oxygen atoms in total. The quantitative estimate of drug-likeness (QED) is 0.477. The van der Waals surface area contributed by atoms with Crippen molar-refractivity contribution in [2.45, 2.75) is 0 Å². The molecule has 9 heteroatoms. The Balaban J connectivity index is 2.03. The van der Waals surface area contributed by atoms with Crippen molar-refractivity contribution in [1.82, 2.24) is 14.4 Å². The Hall–Kier alpha value is -2.44. The molecule has 0 atom stereocenters. The lowest BCUT2D eigenvalue weighted by Crippen LogP contribution is -2.15. The largest absolute Gasteiger partial charge is 0.391 e. The van der Waals surface area contributed by atoms with Gasteiger partial charge in [-0.15, -0.1) is 0 Å². The Morgan fingerprint density at radius 2 is 1.84 bits per heavy atom. The minimum atomic E-state index is -4.59. The predicted molar refractivity (Wildman–Crippen MR) is 95.7 cm³/mol. The van der Waals surface area contributed by atoms with Crippen LogP contribution in [0.2, 0.25) is 5.02 Å². The summed E-state index contributed by atoms with van der Waals surface area (Å²) in [4.78, 5) is 27.5. The lowest BCUT2D eigenvalue weighted by atomic mass is 10.3. The molecule has 4 rings (SSSR count). The van der Waals surface area contributed by atoms with E-state index in [9.17, 15) is 14.4 Å². The second-order valence-corrected chi connectivity index (χ2v) is 7.20. The molecule has 2 heterocycles. The fourth-order valence-corrected chi connectivity index (χ4v) is 3.42. The van der Waals surface area contributed by atoms with Crippen molar-refractivity contribution in [2.24, 2.45) is 0 Å². The maximum atomic E-state index is 11.8. The molecule has 2 aromatic heterocycles. The van der Waals surface area contributed by atoms with Crippen LogP contribution in [0.4, 0.5) is 11.5 Å². The average molecular weight is 374 g/mol. The van der Waals surface area contributed by atoms with E-state index in [0.29, 0.717) is 33.1 Å². The Morgan fingerprint density at radius 1 is 1.12 bits per heavy atom. The first-order valence-electron chi connectivity index (χ1n) is 7.22. The summed E-state index contributed by atoms with van der Waals surface area (Å²) in [6.45, 7) is 0. The molecule has 0 fully saturated rings. The third-order valence-electron chi connectivity index (χ3n) is 3.65. The Labute approximate surface area is 147 Å². The lowest BCUT2D eigenvalue weighted by molar-refractivity contribution is 0.385. The molecule has 0 amide bonds. The molecule has 0 bridgehead atoms. The van der Waals surface area contributed by atoms with Crippen molar-refractivity contribution in [1.29, 1.82) is 0 Å². The highest BCUT2D eigenvalue weighted by molar-refractivity contribution is 7.59. The first-order valence-corrected chi connectivity index (χ1v) is 9.21. The van der Waals surface area contributed by atoms with Gasteiger partial charge in [-0.1, -0.05) is 35.9 Å². The minimum Gasteiger partial charge on any atom is -0.337 e. The van der Waals surface area contributed by atoms with Crippen LogP contribution in [0.5, 0.6) is 0 Å². The normalized spacial score (nSPS) is 12.0. The molecule has 3 N–H and O–H groups in total. The third kappa shape index (κ3) is 2.77. The number of imidazole rings is 1. The molecule has 0 spiro atoms. The molecule has 1 radical (unpaired) electrons. The van der Waals surface area contributed by atoms with E-state index in [2.05, 4.69) is 21.5 Å². The van der Waals surface area contributed by atoms with E-state index in [1.807, 2.05) is 6.07 Å². The number of para-hydroxylation sites is 3. The second-order valence-electron chi connectivity index (χ2n) is 5.31. The number of nitrogens with zero attached hydrogens (tertiary/aromatic N) is 3. The topological polar surface area (TPSA) is 99.8 Å². The molecule has 0 aliphatic heterocycles. The van der Waals surface area contributed by atoms with Gasteiger partial charge in [0.2, 0.25) is 5.57 Å². The lowest BCUT2D eigenvalue weighted by Gasteiger charge is -2.12. The number of aromatic nitrogens is 3. The van der Waals surface area contributed by atoms with Crippen molar-refractivity contribution >= 4 is 52.8 Å². The number of nitrogens with one attached hydrogen (secondary N) is 1. The van der Waals surface area contributed by atoms with Gasteiger partial charge in [-0.3, -0.25) is 8.97 Å². The van der Waals surface area contributed by atoms with Gasteiger partial charge in [0.15, 0.2) is 5.82 Å². The van der Waals surface area contributed by atoms with Gasteiger partial charge in [-0.25, -0.2) is 9.97 Å². The summed E-state index contributed by atoms with van der Waals surface area (Å²) < 4.78 is 13.2. The van der Waals surface area contributed by atoms with E-state index in [1.54, 1.807) is 42.5 Å². The SMILES string of the molecule is O=P(O)(O)c1n[c]c2c(Nc3ccccc3Cl)nc3ccccc3n12. The third-order valence-corrected chi connectivity index (χ3v) is 4.80. The van der Waals surface area contributed by atoms with Gasteiger partial charge in [0.1, 0.15) is 11.7 Å². The van der Waals surface area contributed by atoms with Gasteiger partial charge in [0.25, 0.3) is 0 Å². The summed E-state index contributed by atoms with van der Waals surface area (Å²) >= 11 is 6.17. The van der Waals surface area contributed by atoms with E-state index in [0.717, 1.165) is 0 Å². The molecule has 4 aromatic rings. The number of rotatable bonds is 3. The highest BCUT2D eigenvalue weighted by atomic mass is 35.5. The summed E-state index contributed by atoms with van der Waals surface area (Å²) in [6, 6.07) is 14.1. The zero-order chi connectivity index (χ0) is 17.6. The fourth-order valence-electron chi connectivity index (χ4n) is 2.58. The molecule has 25 heavy (non-hydrogen) atoms. The summed E-state index contributed by atoms with van der Waals surface area (Å²) in [5.74, 6) is 0.346. The van der Waals surface area contributed by atoms with E-state index in [1.165, 1.54) is 4.40 Å².